The van der Waals surface area contributed by atoms with Gasteiger partial charge in [0.25, 0.3) is 5.91 Å². The lowest BCUT2D eigenvalue weighted by Crippen LogP contribution is -2.27. The fourth-order valence-corrected chi connectivity index (χ4v) is 5.90. The lowest BCUT2D eigenvalue weighted by atomic mass is 10.2. The molecule has 0 spiro atoms. The van der Waals surface area contributed by atoms with Crippen LogP contribution < -0.4 is 9.64 Å². The topological polar surface area (TPSA) is 29.5 Å². The van der Waals surface area contributed by atoms with E-state index in [0.717, 1.165) is 18.5 Å². The molecule has 1 fully saturated rings. The van der Waals surface area contributed by atoms with E-state index < -0.39 is 0 Å². The third kappa shape index (κ3) is 4.79. The van der Waals surface area contributed by atoms with Gasteiger partial charge in [-0.25, -0.2) is 0 Å². The third-order valence-corrected chi connectivity index (χ3v) is 6.65. The van der Waals surface area contributed by atoms with Gasteiger partial charge in [0.1, 0.15) is 12.4 Å². The van der Waals surface area contributed by atoms with Gasteiger partial charge >= 0.3 is 0 Å². The monoisotopic (exact) mass is 637 g/mol. The summed E-state index contributed by atoms with van der Waals surface area (Å²) in [6.07, 6.45) is 7.10. The quantitative estimate of drug-likeness (QED) is 0.179. The maximum atomic E-state index is 12.8. The summed E-state index contributed by atoms with van der Waals surface area (Å²) in [4.78, 5) is 14.9. The molecule has 3 rings (SSSR count). The fraction of sp³-hybridized carbons (Fsp3) is 0.0526. The standard InChI is InChI=1S/C19H10ClI2NO2S2/c1-2-7-25-17-14(21)8-11(9-15(17)22)10-16-18(24)23(19(26)27-16)13-5-3-12(20)4-6-13/h1,3-6,8-10H,7H2/b16-10+. The van der Waals surface area contributed by atoms with E-state index in [9.17, 15) is 4.79 Å². The van der Waals surface area contributed by atoms with Gasteiger partial charge in [0.05, 0.1) is 17.7 Å². The summed E-state index contributed by atoms with van der Waals surface area (Å²) >= 11 is 17.0. The lowest BCUT2D eigenvalue weighted by Gasteiger charge is -2.14. The molecule has 0 bridgehead atoms. The number of nitrogens with zero attached hydrogens (tertiary/aromatic N) is 1. The number of anilines is 1. The van der Waals surface area contributed by atoms with Crippen molar-refractivity contribution in [2.45, 2.75) is 0 Å². The summed E-state index contributed by atoms with van der Waals surface area (Å²) in [6, 6.07) is 10.9. The van der Waals surface area contributed by atoms with E-state index in [1.54, 1.807) is 24.3 Å². The number of benzene rings is 2. The molecule has 1 heterocycles. The predicted molar refractivity (Wildman–Crippen MR) is 133 cm³/mol. The molecule has 0 atom stereocenters. The smallest absolute Gasteiger partial charge is 0.270 e. The van der Waals surface area contributed by atoms with Crippen molar-refractivity contribution in [3.63, 3.8) is 0 Å². The number of ether oxygens (including phenoxy) is 1. The number of hydrogen-bond donors (Lipinski definition) is 0. The second kappa shape index (κ2) is 9.13. The van der Waals surface area contributed by atoms with Crippen LogP contribution in [0.1, 0.15) is 5.56 Å². The van der Waals surface area contributed by atoms with Gasteiger partial charge in [-0.15, -0.1) is 6.42 Å². The maximum absolute atomic E-state index is 12.8. The number of hydrogen-bond acceptors (Lipinski definition) is 4. The van der Waals surface area contributed by atoms with Crippen molar-refractivity contribution < 1.29 is 9.53 Å². The Balaban J connectivity index is 1.90. The van der Waals surface area contributed by atoms with Crippen LogP contribution in [0, 0.1) is 19.5 Å². The predicted octanol–water partition coefficient (Wildman–Crippen LogP) is 5.97. The largest absolute Gasteiger partial charge is 0.479 e. The van der Waals surface area contributed by atoms with Crippen molar-refractivity contribution in [1.82, 2.24) is 0 Å². The number of thiocarbonyl (C=S) groups is 1. The minimum absolute atomic E-state index is 0.148. The molecule has 0 aromatic heterocycles. The molecule has 0 N–H and O–H groups in total. The van der Waals surface area contributed by atoms with Crippen molar-refractivity contribution >= 4 is 103 Å². The first kappa shape index (κ1) is 20.9. The highest BCUT2D eigenvalue weighted by Crippen LogP contribution is 2.37. The van der Waals surface area contributed by atoms with Crippen molar-refractivity contribution in [2.75, 3.05) is 11.5 Å². The van der Waals surface area contributed by atoms with Crippen LogP contribution in [0.15, 0.2) is 41.3 Å². The molecule has 2 aromatic rings. The van der Waals surface area contributed by atoms with Gasteiger partial charge in [-0.1, -0.05) is 41.5 Å². The molecule has 1 aliphatic rings. The average molecular weight is 638 g/mol. The van der Waals surface area contributed by atoms with E-state index >= 15 is 0 Å². The number of halogens is 3. The molecular formula is C19H10ClI2NO2S2. The second-order valence-electron chi connectivity index (χ2n) is 5.30. The first-order valence-corrected chi connectivity index (χ1v) is 11.3. The van der Waals surface area contributed by atoms with Gasteiger partial charge in [-0.3, -0.25) is 9.69 Å². The Morgan fingerprint density at radius 1 is 1.26 bits per heavy atom. The van der Waals surface area contributed by atoms with Crippen molar-refractivity contribution in [3.8, 4) is 18.1 Å². The highest BCUT2D eigenvalue weighted by Gasteiger charge is 2.33. The summed E-state index contributed by atoms with van der Waals surface area (Å²) in [5.41, 5.74) is 1.60. The van der Waals surface area contributed by atoms with E-state index in [1.807, 2.05) is 18.2 Å². The normalized spacial score (nSPS) is 15.3. The first-order valence-electron chi connectivity index (χ1n) is 7.49. The zero-order chi connectivity index (χ0) is 19.6. The van der Waals surface area contributed by atoms with Crippen LogP contribution in [0.25, 0.3) is 6.08 Å². The Kier molecular flexibility index (Phi) is 7.08. The summed E-state index contributed by atoms with van der Waals surface area (Å²) < 4.78 is 7.92. The Morgan fingerprint density at radius 2 is 1.89 bits per heavy atom. The van der Waals surface area contributed by atoms with E-state index in [4.69, 9.17) is 35.0 Å². The lowest BCUT2D eigenvalue weighted by molar-refractivity contribution is -0.113. The summed E-state index contributed by atoms with van der Waals surface area (Å²) in [5, 5.41) is 0.607. The van der Waals surface area contributed by atoms with Gasteiger partial charge in [-0.05, 0) is 93.2 Å². The molecular weight excluding hydrogens is 628 g/mol. The molecule has 0 aliphatic carbocycles. The van der Waals surface area contributed by atoms with Gasteiger partial charge in [0, 0.05) is 5.02 Å². The second-order valence-corrected chi connectivity index (χ2v) is 9.74. The number of thioether (sulfide) groups is 1. The van der Waals surface area contributed by atoms with Crippen LogP contribution in [0.2, 0.25) is 5.02 Å². The summed E-state index contributed by atoms with van der Waals surface area (Å²) in [7, 11) is 0. The number of rotatable bonds is 4. The summed E-state index contributed by atoms with van der Waals surface area (Å²) in [6.45, 7) is 0.213. The zero-order valence-corrected chi connectivity index (χ0v) is 20.2. The van der Waals surface area contributed by atoms with E-state index in [1.165, 1.54) is 16.7 Å². The molecule has 1 aliphatic heterocycles. The molecule has 8 heteroatoms. The van der Waals surface area contributed by atoms with Crippen LogP contribution in [0.5, 0.6) is 5.75 Å². The van der Waals surface area contributed by atoms with E-state index in [0.29, 0.717) is 19.9 Å². The minimum Gasteiger partial charge on any atom is -0.479 e. The van der Waals surface area contributed by atoms with E-state index in [-0.39, 0.29) is 12.5 Å². The van der Waals surface area contributed by atoms with Crippen molar-refractivity contribution in [1.29, 1.82) is 0 Å². The minimum atomic E-state index is -0.148. The van der Waals surface area contributed by atoms with Crippen LogP contribution in [0.4, 0.5) is 5.69 Å². The molecule has 1 saturated heterocycles. The number of amides is 1. The molecule has 3 nitrogen and oxygen atoms in total. The SMILES string of the molecule is C#CCOc1c(I)cc(/C=C2/SC(=S)N(c3ccc(Cl)cc3)C2=O)cc1I. The first-order chi connectivity index (χ1) is 12.9. The van der Waals surface area contributed by atoms with E-state index in [2.05, 4.69) is 51.1 Å². The molecule has 0 radical (unpaired) electrons. The van der Waals surface area contributed by atoms with Gasteiger partial charge in [0.2, 0.25) is 0 Å². The fourth-order valence-electron chi connectivity index (χ4n) is 2.35. The number of carbonyl (C=O) groups excluding carboxylic acids is 1. The average Bonchev–Trinajstić information content (AvgIpc) is 2.89. The van der Waals surface area contributed by atoms with Crippen LogP contribution in [-0.4, -0.2) is 16.8 Å². The molecule has 0 saturated carbocycles. The van der Waals surface area contributed by atoms with Crippen LogP contribution in [-0.2, 0) is 4.79 Å². The molecule has 2 aromatic carbocycles. The Bertz CT molecular complexity index is 977. The molecule has 136 valence electrons. The molecule has 1 amide bonds. The van der Waals surface area contributed by atoms with Gasteiger partial charge in [0.15, 0.2) is 4.32 Å². The van der Waals surface area contributed by atoms with Crippen LogP contribution >= 0.6 is 80.8 Å². The third-order valence-electron chi connectivity index (χ3n) is 3.50. The molecule has 27 heavy (non-hydrogen) atoms. The zero-order valence-electron chi connectivity index (χ0n) is 13.5. The highest BCUT2D eigenvalue weighted by molar-refractivity contribution is 14.1. The Morgan fingerprint density at radius 3 is 2.48 bits per heavy atom. The van der Waals surface area contributed by atoms with Gasteiger partial charge < -0.3 is 4.74 Å². The Hall–Kier alpha value is -0.800. The Labute approximate surface area is 199 Å². The van der Waals surface area contributed by atoms with Crippen molar-refractivity contribution in [3.05, 3.63) is 59.0 Å². The number of carbonyl (C=O) groups is 1. The maximum Gasteiger partial charge on any atom is 0.270 e. The van der Waals surface area contributed by atoms with Gasteiger partial charge in [-0.2, -0.15) is 0 Å². The number of terminal acetylenes is 1. The molecule has 0 unspecified atom stereocenters. The highest BCUT2D eigenvalue weighted by atomic mass is 127. The van der Waals surface area contributed by atoms with Crippen LogP contribution in [0.3, 0.4) is 0 Å². The van der Waals surface area contributed by atoms with Crippen molar-refractivity contribution in [2.24, 2.45) is 0 Å². The summed E-state index contributed by atoms with van der Waals surface area (Å²) in [5.74, 6) is 3.06.